The van der Waals surface area contributed by atoms with E-state index in [1.807, 2.05) is 24.3 Å². The van der Waals surface area contributed by atoms with Gasteiger partial charge in [0.1, 0.15) is 35.0 Å². The van der Waals surface area contributed by atoms with Gasteiger partial charge >= 0.3 is 0 Å². The number of nitrogens with one attached hydrogen (secondary N) is 1. The molecule has 2 fully saturated rings. The second-order valence-corrected chi connectivity index (χ2v) is 16.1. The molecule has 2 aromatic carbocycles. The number of rotatable bonds is 9. The van der Waals surface area contributed by atoms with Gasteiger partial charge in [-0.25, -0.2) is 28.7 Å². The largest absolute Gasteiger partial charge is 0.467 e. The fraction of sp³-hybridized carbons (Fsp3) is 0.347. The second-order valence-electron chi connectivity index (χ2n) is 15.8. The van der Waals surface area contributed by atoms with E-state index in [9.17, 15) is 18.4 Å². The van der Waals surface area contributed by atoms with E-state index in [-0.39, 0.29) is 30.5 Å². The molecule has 0 spiro atoms. The van der Waals surface area contributed by atoms with Gasteiger partial charge in [-0.1, -0.05) is 12.1 Å². The van der Waals surface area contributed by atoms with Crippen molar-refractivity contribution in [2.24, 2.45) is 0 Å². The first-order valence-electron chi connectivity index (χ1n) is 22.7. The Balaban J connectivity index is 0.000000164. The van der Waals surface area contributed by atoms with Gasteiger partial charge in [0.25, 0.3) is 0 Å². The van der Waals surface area contributed by atoms with Crippen molar-refractivity contribution < 1.29 is 33.5 Å². The molecule has 0 aliphatic carbocycles. The molecule has 0 saturated carbocycles. The molecule has 4 aromatic heterocycles. The van der Waals surface area contributed by atoms with Crippen LogP contribution in [0.1, 0.15) is 58.2 Å². The minimum atomic E-state index is -1.00. The number of ether oxygens (including phenoxy) is 4. The summed E-state index contributed by atoms with van der Waals surface area (Å²) in [6.07, 6.45) is 6.53. The normalized spacial score (nSPS) is 16.4. The number of alkyl halides is 1. The molecule has 1 N–H and O–H groups in total. The standard InChI is InChI=1S/C24H23FN6O2.C13H17FN2O2.C11H7ClN4.CH3F/c25-19-11-17(23-18(12-19)15-32-16-33-23)14-30-7-9-31(10-8-30)24-28-6-4-22(29-24)20(13-26)21-3-1-2-5-27-21;14-12-5-10(7-16-3-1-15-2-4-16)13-11(6-12)8-17-9-18-13;12-11-15-6-4-10(16-11)8(7-13)9-3-1-2-5-14-9;1-2/h1-6,11-12,20H,7-10,14-16H2;5-6,15H,1-4,7-9H2;1-6,8H;1H3/i;;;1D. The predicted octanol–water partition coefficient (Wildman–Crippen LogP) is 6.72. The molecule has 2 saturated heterocycles. The minimum Gasteiger partial charge on any atom is -0.467 e. The molecule has 0 radical (unpaired) electrons. The summed E-state index contributed by atoms with van der Waals surface area (Å²) >= 11 is 5.68. The van der Waals surface area contributed by atoms with E-state index in [0.717, 1.165) is 92.7 Å². The van der Waals surface area contributed by atoms with Crippen LogP contribution in [0.4, 0.5) is 19.1 Å². The van der Waals surface area contributed by atoms with Crippen molar-refractivity contribution in [2.45, 2.75) is 38.1 Å². The summed E-state index contributed by atoms with van der Waals surface area (Å²) < 4.78 is 64.8. The quantitative estimate of drug-likeness (QED) is 0.151. The molecule has 2 unspecified atom stereocenters. The van der Waals surface area contributed by atoms with Crippen molar-refractivity contribution in [3.63, 3.8) is 0 Å². The molecule has 4 aliphatic rings. The number of piperazine rings is 2. The predicted molar refractivity (Wildman–Crippen MR) is 248 cm³/mol. The van der Waals surface area contributed by atoms with Crippen molar-refractivity contribution in [3.05, 3.63) is 160 Å². The number of halogens is 4. The molecule has 20 heteroatoms. The first-order chi connectivity index (χ1) is 34.3. The molecule has 0 bridgehead atoms. The Bertz CT molecular complexity index is 2700. The van der Waals surface area contributed by atoms with Crippen LogP contribution in [0.25, 0.3) is 0 Å². The van der Waals surface area contributed by atoms with Crippen LogP contribution in [0.2, 0.25) is 5.28 Å². The molecule has 16 nitrogen and oxygen atoms in total. The number of nitrogens with zero attached hydrogens (tertiary/aromatic N) is 11. The van der Waals surface area contributed by atoms with Crippen molar-refractivity contribution in [1.82, 2.24) is 45.0 Å². The van der Waals surface area contributed by atoms with Crippen LogP contribution in [-0.4, -0.2) is 113 Å². The Morgan fingerprint density at radius 1 is 0.667 bits per heavy atom. The maximum Gasteiger partial charge on any atom is 0.225 e. The third-order valence-electron chi connectivity index (χ3n) is 11.3. The van der Waals surface area contributed by atoms with Gasteiger partial charge in [0.05, 0.1) is 56.7 Å². The fourth-order valence-corrected chi connectivity index (χ4v) is 8.20. The molecule has 2 atom stereocenters. The van der Waals surface area contributed by atoms with Crippen LogP contribution in [0, 0.1) is 34.3 Å². The van der Waals surface area contributed by atoms with Gasteiger partial charge in [0, 0.05) is 112 Å². The Kier molecular flexibility index (Phi) is 18.0. The lowest BCUT2D eigenvalue weighted by Crippen LogP contribution is -2.46. The van der Waals surface area contributed by atoms with Gasteiger partial charge in [-0.05, 0) is 72.3 Å². The lowest BCUT2D eigenvalue weighted by atomic mass is 10.0. The summed E-state index contributed by atoms with van der Waals surface area (Å²) in [5.41, 5.74) is 5.84. The Labute approximate surface area is 404 Å². The zero-order valence-corrected chi connectivity index (χ0v) is 38.3. The monoisotopic (exact) mass is 963 g/mol. The van der Waals surface area contributed by atoms with E-state index in [2.05, 4.69) is 62.1 Å². The van der Waals surface area contributed by atoms with Crippen molar-refractivity contribution in [3.8, 4) is 23.6 Å². The molecule has 6 aromatic rings. The summed E-state index contributed by atoms with van der Waals surface area (Å²) in [7, 11) is -1.00. The molecule has 4 aliphatic heterocycles. The van der Waals surface area contributed by atoms with Crippen LogP contribution in [0.15, 0.2) is 97.6 Å². The van der Waals surface area contributed by atoms with Crippen LogP contribution >= 0.6 is 11.6 Å². The highest BCUT2D eigenvalue weighted by molar-refractivity contribution is 6.28. The summed E-state index contributed by atoms with van der Waals surface area (Å²) in [6, 6.07) is 24.9. The van der Waals surface area contributed by atoms with Gasteiger partial charge in [0.15, 0.2) is 13.6 Å². The molecule has 10 rings (SSSR count). The van der Waals surface area contributed by atoms with Crippen molar-refractivity contribution in [2.75, 3.05) is 78.0 Å². The lowest BCUT2D eigenvalue weighted by Gasteiger charge is -2.35. The van der Waals surface area contributed by atoms with E-state index < -0.39 is 19.0 Å². The van der Waals surface area contributed by atoms with Gasteiger partial charge in [-0.15, -0.1) is 0 Å². The van der Waals surface area contributed by atoms with E-state index in [4.69, 9.17) is 37.2 Å². The molecular formula is C49H50ClF3N12O4. The number of benzene rings is 2. The van der Waals surface area contributed by atoms with E-state index >= 15 is 0 Å². The lowest BCUT2D eigenvalue weighted by molar-refractivity contribution is -0.0178. The fourth-order valence-electron chi connectivity index (χ4n) is 8.05. The average molecular weight is 964 g/mol. The number of hydrogen-bond acceptors (Lipinski definition) is 16. The maximum absolute atomic E-state index is 14.1. The molecule has 0 amide bonds. The summed E-state index contributed by atoms with van der Waals surface area (Å²) in [5.74, 6) is 0.597. The SMILES string of the molecule is Fc1cc2c(c(CN3CCNCC3)c1)OCOC2.N#CC(c1ccccn1)c1ccnc(Cl)n1.N#CC(c1ccccn1)c1ccnc(N2CCN(Cc3cc(F)cc4c3OCOC4)CC2)n1.[2H]CF. The topological polar surface area (TPSA) is 184 Å². The average Bonchev–Trinajstić information content (AvgIpc) is 3.39. The zero-order valence-electron chi connectivity index (χ0n) is 38.6. The third kappa shape index (κ3) is 13.7. The Hall–Kier alpha value is -6.84. The number of nitriles is 2. The van der Waals surface area contributed by atoms with Crippen LogP contribution in [0.5, 0.6) is 11.5 Å². The third-order valence-corrected chi connectivity index (χ3v) is 11.5. The summed E-state index contributed by atoms with van der Waals surface area (Å²) in [5, 5.41) is 22.3. The number of fused-ring (bicyclic) bond motifs is 2. The van der Waals surface area contributed by atoms with Gasteiger partial charge in [0.2, 0.25) is 11.2 Å². The van der Waals surface area contributed by atoms with Crippen molar-refractivity contribution >= 4 is 17.5 Å². The molecular weight excluding hydrogens is 913 g/mol. The maximum atomic E-state index is 14.1. The first kappa shape index (κ1) is 48.6. The minimum absolute atomic E-state index is 0.133. The number of anilines is 1. The number of aromatic nitrogens is 6. The second kappa shape index (κ2) is 25.5. The highest BCUT2D eigenvalue weighted by Gasteiger charge is 2.25. The molecule has 8 heterocycles. The van der Waals surface area contributed by atoms with Crippen molar-refractivity contribution in [1.29, 1.82) is 10.5 Å². The van der Waals surface area contributed by atoms with Crippen LogP contribution in [-0.2, 0) is 35.8 Å². The summed E-state index contributed by atoms with van der Waals surface area (Å²) in [6.45, 7) is 9.54. The first-order valence-corrected chi connectivity index (χ1v) is 22.4. The summed E-state index contributed by atoms with van der Waals surface area (Å²) in [4.78, 5) is 32.0. The van der Waals surface area contributed by atoms with Gasteiger partial charge in [-0.2, -0.15) is 10.5 Å². The number of hydrogen-bond donors (Lipinski definition) is 1. The highest BCUT2D eigenvalue weighted by atomic mass is 35.5. The zero-order chi connectivity index (χ0) is 49.1. The van der Waals surface area contributed by atoms with Crippen LogP contribution < -0.4 is 19.7 Å². The highest BCUT2D eigenvalue weighted by Crippen LogP contribution is 2.32. The smallest absolute Gasteiger partial charge is 0.225 e. The van der Waals surface area contributed by atoms with Gasteiger partial charge < -0.3 is 29.2 Å². The van der Waals surface area contributed by atoms with Crippen LogP contribution in [0.3, 0.4) is 0 Å². The van der Waals surface area contributed by atoms with E-state index in [1.165, 1.54) is 18.3 Å². The molecule has 358 valence electrons. The van der Waals surface area contributed by atoms with E-state index in [1.54, 1.807) is 55.0 Å². The Morgan fingerprint density at radius 2 is 1.17 bits per heavy atom. The number of pyridine rings is 2. The molecule has 69 heavy (non-hydrogen) atoms. The van der Waals surface area contributed by atoms with Gasteiger partial charge in [-0.3, -0.25) is 24.2 Å². The van der Waals surface area contributed by atoms with E-state index in [0.29, 0.717) is 48.5 Å². The Morgan fingerprint density at radius 3 is 1.67 bits per heavy atom.